The van der Waals surface area contributed by atoms with Gasteiger partial charge in [-0.15, -0.1) is 0 Å². The number of hydrogen-bond acceptors (Lipinski definition) is 5. The van der Waals surface area contributed by atoms with Gasteiger partial charge in [0.25, 0.3) is 0 Å². The number of fused-ring (bicyclic) bond motifs is 1. The lowest BCUT2D eigenvalue weighted by atomic mass is 10.2. The van der Waals surface area contributed by atoms with E-state index in [1.807, 2.05) is 24.3 Å². The van der Waals surface area contributed by atoms with Gasteiger partial charge in [0.15, 0.2) is 5.69 Å². The summed E-state index contributed by atoms with van der Waals surface area (Å²) in [5.74, 6) is 0.203. The number of aromatic amines is 1. The monoisotopic (exact) mass is 313 g/mol. The minimum Gasteiger partial charge on any atom is -0.497 e. The van der Waals surface area contributed by atoms with Crippen LogP contribution in [0.15, 0.2) is 41.3 Å². The number of benzene rings is 1. The normalized spacial score (nSPS) is 10.7. The lowest BCUT2D eigenvalue weighted by molar-refractivity contribution is 0.0594. The van der Waals surface area contributed by atoms with Crippen molar-refractivity contribution in [2.45, 2.75) is 6.54 Å². The second kappa shape index (κ2) is 5.96. The third-order valence-corrected chi connectivity index (χ3v) is 3.55. The third-order valence-electron chi connectivity index (χ3n) is 3.55. The Hall–Kier alpha value is -3.09. The number of H-pyrrole nitrogens is 1. The highest BCUT2D eigenvalue weighted by Gasteiger charge is 2.13. The molecule has 0 unspecified atom stereocenters. The molecule has 3 aromatic rings. The minimum atomic E-state index is -0.545. The van der Waals surface area contributed by atoms with Crippen molar-refractivity contribution in [3.8, 4) is 5.75 Å². The summed E-state index contributed by atoms with van der Waals surface area (Å²) >= 11 is 0. The minimum absolute atomic E-state index is 0.155. The number of carbonyl (C=O) groups is 1. The maximum absolute atomic E-state index is 12.2. The smallest absolute Gasteiger partial charge is 0.356 e. The quantitative estimate of drug-likeness (QED) is 0.739. The molecule has 118 valence electrons. The molecule has 3 rings (SSSR count). The van der Waals surface area contributed by atoms with Gasteiger partial charge in [0, 0.05) is 0 Å². The number of nitrogens with zero attached hydrogens (tertiary/aromatic N) is 2. The highest BCUT2D eigenvalue weighted by molar-refractivity contribution is 5.91. The highest BCUT2D eigenvalue weighted by atomic mass is 16.5. The van der Waals surface area contributed by atoms with Crippen molar-refractivity contribution in [1.29, 1.82) is 0 Å². The third kappa shape index (κ3) is 2.80. The molecule has 0 aliphatic rings. The van der Waals surface area contributed by atoms with Gasteiger partial charge in [-0.05, 0) is 23.8 Å². The summed E-state index contributed by atoms with van der Waals surface area (Å²) < 4.78 is 11.3. The zero-order valence-electron chi connectivity index (χ0n) is 12.7. The summed E-state index contributed by atoms with van der Waals surface area (Å²) in [5.41, 5.74) is 1.99. The Morgan fingerprint density at radius 2 is 2.00 bits per heavy atom. The predicted molar refractivity (Wildman–Crippen MR) is 83.8 cm³/mol. The second-order valence-corrected chi connectivity index (χ2v) is 4.94. The average molecular weight is 313 g/mol. The Kier molecular flexibility index (Phi) is 3.84. The first-order chi connectivity index (χ1) is 11.1. The Bertz CT molecular complexity index is 909. The van der Waals surface area contributed by atoms with E-state index >= 15 is 0 Å². The van der Waals surface area contributed by atoms with E-state index in [2.05, 4.69) is 14.7 Å². The molecule has 0 radical (unpaired) electrons. The van der Waals surface area contributed by atoms with Crippen LogP contribution >= 0.6 is 0 Å². The molecule has 0 amide bonds. The number of rotatable bonds is 4. The SMILES string of the molecule is COC(=O)c1cc2c(cn1)[nH]c(=O)n2Cc1ccc(OC)cc1. The maximum Gasteiger partial charge on any atom is 0.356 e. The van der Waals surface area contributed by atoms with E-state index in [0.29, 0.717) is 17.6 Å². The number of hydrogen-bond donors (Lipinski definition) is 1. The van der Waals surface area contributed by atoms with Crippen LogP contribution in [0.2, 0.25) is 0 Å². The topological polar surface area (TPSA) is 86.2 Å². The Labute approximate surface area is 131 Å². The molecule has 0 saturated carbocycles. The van der Waals surface area contributed by atoms with Gasteiger partial charge in [0.1, 0.15) is 5.75 Å². The molecule has 1 aromatic carbocycles. The summed E-state index contributed by atoms with van der Waals surface area (Å²) in [6.45, 7) is 0.369. The van der Waals surface area contributed by atoms with Crippen LogP contribution in [-0.4, -0.2) is 34.7 Å². The number of methoxy groups -OCH3 is 2. The fourth-order valence-corrected chi connectivity index (χ4v) is 2.34. The molecule has 0 saturated heterocycles. The number of pyridine rings is 1. The first kappa shape index (κ1) is 14.8. The predicted octanol–water partition coefficient (Wildman–Crippen LogP) is 1.57. The molecule has 0 atom stereocenters. The van der Waals surface area contributed by atoms with Gasteiger partial charge in [-0.1, -0.05) is 12.1 Å². The molecule has 0 fully saturated rings. The Balaban J connectivity index is 2.03. The van der Waals surface area contributed by atoms with E-state index in [0.717, 1.165) is 11.3 Å². The van der Waals surface area contributed by atoms with Crippen molar-refractivity contribution in [3.05, 3.63) is 58.3 Å². The molecule has 1 N–H and O–H groups in total. The van der Waals surface area contributed by atoms with Gasteiger partial charge >= 0.3 is 11.7 Å². The molecule has 0 bridgehead atoms. The molecule has 0 aliphatic heterocycles. The summed E-state index contributed by atoms with van der Waals surface area (Å²) in [5, 5.41) is 0. The van der Waals surface area contributed by atoms with Crippen LogP contribution < -0.4 is 10.4 Å². The van der Waals surface area contributed by atoms with Gasteiger partial charge in [-0.2, -0.15) is 0 Å². The van der Waals surface area contributed by atoms with Gasteiger partial charge in [0.2, 0.25) is 0 Å². The van der Waals surface area contributed by atoms with E-state index in [-0.39, 0.29) is 11.4 Å². The number of esters is 1. The molecule has 2 heterocycles. The summed E-state index contributed by atoms with van der Waals surface area (Å²) in [4.78, 5) is 30.5. The van der Waals surface area contributed by atoms with Crippen LogP contribution in [0.25, 0.3) is 11.0 Å². The zero-order valence-corrected chi connectivity index (χ0v) is 12.7. The van der Waals surface area contributed by atoms with Crippen molar-refractivity contribution >= 4 is 17.0 Å². The van der Waals surface area contributed by atoms with Crippen LogP contribution in [0.5, 0.6) is 5.75 Å². The largest absolute Gasteiger partial charge is 0.497 e. The molecule has 7 nitrogen and oxygen atoms in total. The van der Waals surface area contributed by atoms with Crippen molar-refractivity contribution in [1.82, 2.24) is 14.5 Å². The molecular weight excluding hydrogens is 298 g/mol. The van der Waals surface area contributed by atoms with E-state index in [9.17, 15) is 9.59 Å². The Morgan fingerprint density at radius 1 is 1.26 bits per heavy atom. The lowest BCUT2D eigenvalue weighted by Crippen LogP contribution is -2.17. The van der Waals surface area contributed by atoms with Crippen LogP contribution in [0, 0.1) is 0 Å². The van der Waals surface area contributed by atoms with Gasteiger partial charge in [-0.25, -0.2) is 14.6 Å². The summed E-state index contributed by atoms with van der Waals surface area (Å²) in [7, 11) is 2.89. The number of ether oxygens (including phenoxy) is 2. The van der Waals surface area contributed by atoms with E-state index < -0.39 is 5.97 Å². The number of carbonyl (C=O) groups excluding carboxylic acids is 1. The molecule has 23 heavy (non-hydrogen) atoms. The summed E-state index contributed by atoms with van der Waals surface area (Å²) in [6.07, 6.45) is 1.45. The maximum atomic E-state index is 12.2. The fourth-order valence-electron chi connectivity index (χ4n) is 2.34. The number of aromatic nitrogens is 3. The summed E-state index contributed by atoms with van der Waals surface area (Å²) in [6, 6.07) is 8.97. The van der Waals surface area contributed by atoms with Crippen LogP contribution in [-0.2, 0) is 11.3 Å². The highest BCUT2D eigenvalue weighted by Crippen LogP contribution is 2.15. The van der Waals surface area contributed by atoms with Gasteiger partial charge < -0.3 is 14.5 Å². The molecule has 2 aromatic heterocycles. The van der Waals surface area contributed by atoms with Crippen molar-refractivity contribution in [2.75, 3.05) is 14.2 Å². The first-order valence-electron chi connectivity index (χ1n) is 6.92. The van der Waals surface area contributed by atoms with Crippen LogP contribution in [0.3, 0.4) is 0 Å². The van der Waals surface area contributed by atoms with Gasteiger partial charge in [0.05, 0.1) is 38.0 Å². The lowest BCUT2D eigenvalue weighted by Gasteiger charge is -2.06. The van der Waals surface area contributed by atoms with Crippen LogP contribution in [0.1, 0.15) is 16.1 Å². The Morgan fingerprint density at radius 3 is 2.65 bits per heavy atom. The van der Waals surface area contributed by atoms with Crippen molar-refractivity contribution < 1.29 is 14.3 Å². The van der Waals surface area contributed by atoms with Crippen molar-refractivity contribution in [2.24, 2.45) is 0 Å². The fraction of sp³-hybridized carbons (Fsp3) is 0.188. The second-order valence-electron chi connectivity index (χ2n) is 4.94. The van der Waals surface area contributed by atoms with E-state index in [1.54, 1.807) is 17.7 Å². The zero-order chi connectivity index (χ0) is 16.4. The van der Waals surface area contributed by atoms with E-state index in [1.165, 1.54) is 13.3 Å². The number of imidazole rings is 1. The molecule has 0 spiro atoms. The standard InChI is InChI=1S/C16H15N3O4/c1-22-11-5-3-10(4-6-11)9-19-14-7-12(15(20)23-2)17-8-13(14)18-16(19)21/h3-8H,9H2,1-2H3,(H,18,21). The van der Waals surface area contributed by atoms with Crippen LogP contribution in [0.4, 0.5) is 0 Å². The van der Waals surface area contributed by atoms with Crippen molar-refractivity contribution in [3.63, 3.8) is 0 Å². The molecule has 0 aliphatic carbocycles. The average Bonchev–Trinajstić information content (AvgIpc) is 2.89. The van der Waals surface area contributed by atoms with E-state index in [4.69, 9.17) is 4.74 Å². The van der Waals surface area contributed by atoms with Gasteiger partial charge in [-0.3, -0.25) is 4.57 Å². The molecular formula is C16H15N3O4. The first-order valence-corrected chi connectivity index (χ1v) is 6.92. The number of nitrogens with one attached hydrogen (secondary N) is 1. The molecule has 7 heteroatoms.